The molecule has 0 spiro atoms. The third-order valence-electron chi connectivity index (χ3n) is 4.48. The zero-order chi connectivity index (χ0) is 6.77. The van der Waals surface area contributed by atoms with E-state index in [-0.39, 0.29) is 0 Å². The quantitative estimate of drug-likeness (QED) is 0.547. The molecule has 3 fully saturated rings. The van der Waals surface area contributed by atoms with Crippen molar-refractivity contribution in [1.29, 1.82) is 0 Å². The zero-order valence-corrected chi connectivity index (χ0v) is 6.77. The second-order valence-corrected chi connectivity index (χ2v) is 4.57. The molecule has 0 saturated heterocycles. The Bertz CT molecular complexity index is 169. The molecule has 0 nitrogen and oxygen atoms in total. The van der Waals surface area contributed by atoms with E-state index in [9.17, 15) is 0 Å². The van der Waals surface area contributed by atoms with Crippen LogP contribution in [0.15, 0.2) is 0 Å². The summed E-state index contributed by atoms with van der Waals surface area (Å²) in [6, 6.07) is 0. The first-order valence-corrected chi connectivity index (χ1v) is 4.89. The van der Waals surface area contributed by atoms with E-state index in [1.807, 2.05) is 0 Å². The van der Waals surface area contributed by atoms with Crippen molar-refractivity contribution in [2.24, 2.45) is 23.2 Å². The Kier molecular flexibility index (Phi) is 0.810. The first kappa shape index (κ1) is 5.62. The van der Waals surface area contributed by atoms with Gasteiger partial charge in [0.25, 0.3) is 0 Å². The minimum atomic E-state index is 0.979. The molecule has 0 aromatic rings. The van der Waals surface area contributed by atoms with Crippen LogP contribution in [0.5, 0.6) is 0 Å². The number of rotatable bonds is 2. The van der Waals surface area contributed by atoms with Crippen molar-refractivity contribution in [1.82, 2.24) is 0 Å². The molecule has 3 rings (SSSR count). The molecule has 0 heteroatoms. The van der Waals surface area contributed by atoms with Crippen LogP contribution in [0.1, 0.15) is 39.0 Å². The van der Waals surface area contributed by atoms with Gasteiger partial charge in [0.05, 0.1) is 0 Å². The Morgan fingerprint density at radius 2 is 2.20 bits per heavy atom. The predicted octanol–water partition coefficient (Wildman–Crippen LogP) is 2.83. The number of fused-ring (bicyclic) bond motifs is 1. The van der Waals surface area contributed by atoms with Gasteiger partial charge in [0.1, 0.15) is 0 Å². The van der Waals surface area contributed by atoms with E-state index in [4.69, 9.17) is 0 Å². The Morgan fingerprint density at radius 1 is 1.40 bits per heavy atom. The SMILES string of the molecule is CCC1C2CC12C1CCC1. The highest BCUT2D eigenvalue weighted by Crippen LogP contribution is 2.86. The van der Waals surface area contributed by atoms with Crippen molar-refractivity contribution in [3.05, 3.63) is 0 Å². The molecule has 3 unspecified atom stereocenters. The molecule has 3 aliphatic carbocycles. The summed E-state index contributed by atoms with van der Waals surface area (Å²) in [4.78, 5) is 0. The maximum atomic E-state index is 2.37. The Hall–Kier alpha value is 0. The van der Waals surface area contributed by atoms with E-state index in [0.717, 1.165) is 5.41 Å². The molecule has 0 aromatic carbocycles. The average molecular weight is 136 g/mol. The van der Waals surface area contributed by atoms with Crippen LogP contribution < -0.4 is 0 Å². The number of hydrogen-bond acceptors (Lipinski definition) is 0. The van der Waals surface area contributed by atoms with Gasteiger partial charge in [-0.1, -0.05) is 19.8 Å². The Morgan fingerprint density at radius 3 is 2.50 bits per heavy atom. The molecule has 3 saturated carbocycles. The normalized spacial score (nSPS) is 57.3. The van der Waals surface area contributed by atoms with E-state index >= 15 is 0 Å². The van der Waals surface area contributed by atoms with Crippen LogP contribution in [0.25, 0.3) is 0 Å². The minimum Gasteiger partial charge on any atom is -0.0651 e. The summed E-state index contributed by atoms with van der Waals surface area (Å²) in [6.07, 6.45) is 7.78. The van der Waals surface area contributed by atoms with Crippen LogP contribution in [-0.2, 0) is 0 Å². The van der Waals surface area contributed by atoms with Gasteiger partial charge in [0.15, 0.2) is 0 Å². The molecule has 0 aromatic heterocycles. The smallest absolute Gasteiger partial charge is 0.0204 e. The summed E-state index contributed by atoms with van der Waals surface area (Å²) >= 11 is 0. The minimum absolute atomic E-state index is 0.979. The summed E-state index contributed by atoms with van der Waals surface area (Å²) in [5, 5.41) is 0. The first-order valence-electron chi connectivity index (χ1n) is 4.89. The van der Waals surface area contributed by atoms with Gasteiger partial charge in [-0.2, -0.15) is 0 Å². The van der Waals surface area contributed by atoms with Crippen LogP contribution in [0.2, 0.25) is 0 Å². The third kappa shape index (κ3) is 0.408. The topological polar surface area (TPSA) is 0 Å². The van der Waals surface area contributed by atoms with Gasteiger partial charge in [-0.25, -0.2) is 0 Å². The summed E-state index contributed by atoms with van der Waals surface area (Å²) in [7, 11) is 0. The fourth-order valence-electron chi connectivity index (χ4n) is 3.47. The largest absolute Gasteiger partial charge is 0.0651 e. The fraction of sp³-hybridized carbons (Fsp3) is 1.00. The Labute approximate surface area is 63.0 Å². The van der Waals surface area contributed by atoms with Crippen molar-refractivity contribution in [2.75, 3.05) is 0 Å². The number of hydrogen-bond donors (Lipinski definition) is 0. The summed E-state index contributed by atoms with van der Waals surface area (Å²) in [6.45, 7) is 2.37. The lowest BCUT2D eigenvalue weighted by atomic mass is 9.75. The van der Waals surface area contributed by atoms with E-state index in [1.165, 1.54) is 30.6 Å². The molecule has 0 N–H and O–H groups in total. The van der Waals surface area contributed by atoms with Crippen LogP contribution in [0, 0.1) is 23.2 Å². The lowest BCUT2D eigenvalue weighted by Gasteiger charge is -2.30. The van der Waals surface area contributed by atoms with Gasteiger partial charge in [-0.05, 0) is 42.4 Å². The maximum Gasteiger partial charge on any atom is -0.0204 e. The van der Waals surface area contributed by atoms with Crippen molar-refractivity contribution in [3.8, 4) is 0 Å². The third-order valence-corrected chi connectivity index (χ3v) is 4.48. The van der Waals surface area contributed by atoms with Gasteiger partial charge in [-0.15, -0.1) is 0 Å². The Balaban J connectivity index is 1.72. The molecule has 0 heterocycles. The zero-order valence-electron chi connectivity index (χ0n) is 6.77. The van der Waals surface area contributed by atoms with Crippen molar-refractivity contribution < 1.29 is 0 Å². The summed E-state index contributed by atoms with van der Waals surface area (Å²) in [5.74, 6) is 3.61. The van der Waals surface area contributed by atoms with Crippen molar-refractivity contribution in [2.45, 2.75) is 39.0 Å². The molecule has 56 valence electrons. The van der Waals surface area contributed by atoms with Crippen LogP contribution in [0.3, 0.4) is 0 Å². The lowest BCUT2D eigenvalue weighted by molar-refractivity contribution is 0.205. The van der Waals surface area contributed by atoms with E-state index in [0.29, 0.717) is 0 Å². The highest BCUT2D eigenvalue weighted by Gasteiger charge is 2.79. The van der Waals surface area contributed by atoms with E-state index < -0.39 is 0 Å². The molecule has 10 heavy (non-hydrogen) atoms. The lowest BCUT2D eigenvalue weighted by Crippen LogP contribution is -2.20. The first-order chi connectivity index (χ1) is 4.89. The second-order valence-electron chi connectivity index (χ2n) is 4.57. The summed E-state index contributed by atoms with van der Waals surface area (Å²) < 4.78 is 0. The molecule has 0 amide bonds. The molecular formula is C10H16. The molecule has 0 bridgehead atoms. The highest BCUT2D eigenvalue weighted by atomic mass is 14.8. The van der Waals surface area contributed by atoms with Gasteiger partial charge >= 0.3 is 0 Å². The molecular weight excluding hydrogens is 120 g/mol. The average Bonchev–Trinajstić information content (AvgIpc) is 2.50. The van der Waals surface area contributed by atoms with E-state index in [2.05, 4.69) is 6.92 Å². The van der Waals surface area contributed by atoms with Crippen LogP contribution in [-0.4, -0.2) is 0 Å². The van der Waals surface area contributed by atoms with E-state index in [1.54, 1.807) is 19.3 Å². The molecule has 0 aliphatic heterocycles. The predicted molar refractivity (Wildman–Crippen MR) is 41.7 cm³/mol. The van der Waals surface area contributed by atoms with Crippen LogP contribution >= 0.6 is 0 Å². The fourth-order valence-corrected chi connectivity index (χ4v) is 3.47. The van der Waals surface area contributed by atoms with Gasteiger partial charge < -0.3 is 0 Å². The summed E-state index contributed by atoms with van der Waals surface area (Å²) in [5.41, 5.74) is 0.979. The molecule has 3 aliphatic rings. The molecule has 0 radical (unpaired) electrons. The van der Waals surface area contributed by atoms with Gasteiger partial charge in [0.2, 0.25) is 0 Å². The van der Waals surface area contributed by atoms with Crippen molar-refractivity contribution >= 4 is 0 Å². The monoisotopic (exact) mass is 136 g/mol. The maximum absolute atomic E-state index is 2.37. The van der Waals surface area contributed by atoms with Gasteiger partial charge in [0, 0.05) is 0 Å². The molecule has 3 atom stereocenters. The second kappa shape index (κ2) is 1.44. The van der Waals surface area contributed by atoms with Gasteiger partial charge in [-0.3, -0.25) is 0 Å². The standard InChI is InChI=1S/C10H16/c1-2-8-9-6-10(8,9)7-4-3-5-7/h7-9H,2-6H2,1H3. The highest BCUT2D eigenvalue weighted by molar-refractivity contribution is 5.27. The van der Waals surface area contributed by atoms with Crippen molar-refractivity contribution in [3.63, 3.8) is 0 Å². The van der Waals surface area contributed by atoms with Crippen LogP contribution in [0.4, 0.5) is 0 Å².